The molecule has 2 atom stereocenters. The van der Waals surface area contributed by atoms with Crippen LogP contribution in [0, 0.1) is 11.8 Å². The Morgan fingerprint density at radius 2 is 1.90 bits per heavy atom. The first-order chi connectivity index (χ1) is 10.2. The number of esters is 1. The first kappa shape index (κ1) is 16.0. The largest absolute Gasteiger partial charge is 0.461 e. The predicted octanol–water partition coefficient (Wildman–Crippen LogP) is 3.53. The number of benzene rings is 1. The van der Waals surface area contributed by atoms with Crippen molar-refractivity contribution in [1.29, 1.82) is 0 Å². The molecule has 21 heavy (non-hydrogen) atoms. The number of hydrogen-bond acceptors (Lipinski definition) is 3. The summed E-state index contributed by atoms with van der Waals surface area (Å²) in [6.45, 7) is 5.23. The molecule has 1 aliphatic rings. The van der Waals surface area contributed by atoms with Crippen molar-refractivity contribution in [3.05, 3.63) is 35.9 Å². The van der Waals surface area contributed by atoms with Crippen LogP contribution in [0.25, 0.3) is 0 Å². The molecule has 0 aromatic heterocycles. The second-order valence-electron chi connectivity index (χ2n) is 6.24. The number of hydrogen-bond donors (Lipinski definition) is 1. The molecule has 0 bridgehead atoms. The van der Waals surface area contributed by atoms with Crippen molar-refractivity contribution >= 4 is 5.97 Å². The van der Waals surface area contributed by atoms with Gasteiger partial charge in [-0.2, -0.15) is 0 Å². The van der Waals surface area contributed by atoms with E-state index >= 15 is 0 Å². The fraction of sp³-hybridized carbons (Fsp3) is 0.611. The maximum absolute atomic E-state index is 12.0. The van der Waals surface area contributed by atoms with Crippen molar-refractivity contribution < 1.29 is 9.53 Å². The quantitative estimate of drug-likeness (QED) is 0.780. The zero-order chi connectivity index (χ0) is 15.1. The molecule has 0 aliphatic heterocycles. The van der Waals surface area contributed by atoms with Crippen molar-refractivity contribution in [2.75, 3.05) is 6.54 Å². The first-order valence-corrected chi connectivity index (χ1v) is 8.10. The van der Waals surface area contributed by atoms with Gasteiger partial charge >= 0.3 is 5.97 Å². The monoisotopic (exact) mass is 289 g/mol. The van der Waals surface area contributed by atoms with Gasteiger partial charge in [0, 0.05) is 12.6 Å². The lowest BCUT2D eigenvalue weighted by molar-refractivity contribution is -0.149. The third-order valence-electron chi connectivity index (χ3n) is 4.48. The molecule has 1 aliphatic carbocycles. The Bertz CT molecular complexity index is 426. The molecule has 2 rings (SSSR count). The van der Waals surface area contributed by atoms with E-state index in [0.717, 1.165) is 11.5 Å². The van der Waals surface area contributed by atoms with E-state index in [1.807, 2.05) is 37.3 Å². The summed E-state index contributed by atoms with van der Waals surface area (Å²) in [7, 11) is 0. The van der Waals surface area contributed by atoms with Crippen molar-refractivity contribution in [3.8, 4) is 0 Å². The van der Waals surface area contributed by atoms with Gasteiger partial charge in [-0.1, -0.05) is 50.1 Å². The van der Waals surface area contributed by atoms with E-state index in [-0.39, 0.29) is 11.9 Å². The van der Waals surface area contributed by atoms with Gasteiger partial charge in [-0.05, 0) is 31.2 Å². The van der Waals surface area contributed by atoms with Crippen LogP contribution < -0.4 is 5.32 Å². The summed E-state index contributed by atoms with van der Waals surface area (Å²) in [5.74, 6) is 0.556. The van der Waals surface area contributed by atoms with Crippen LogP contribution in [0.15, 0.2) is 30.3 Å². The number of nitrogens with one attached hydrogen (secondary N) is 1. The van der Waals surface area contributed by atoms with Crippen LogP contribution >= 0.6 is 0 Å². The van der Waals surface area contributed by atoms with Gasteiger partial charge in [0.05, 0.1) is 5.92 Å². The summed E-state index contributed by atoms with van der Waals surface area (Å²) >= 11 is 0. The van der Waals surface area contributed by atoms with Gasteiger partial charge < -0.3 is 10.1 Å². The molecular formula is C18H27NO2. The molecule has 1 saturated carbocycles. The topological polar surface area (TPSA) is 38.3 Å². The number of rotatable bonds is 7. The highest BCUT2D eigenvalue weighted by Crippen LogP contribution is 2.27. The van der Waals surface area contributed by atoms with Crippen molar-refractivity contribution in [2.45, 2.75) is 52.2 Å². The number of carbonyl (C=O) groups is 1. The standard InChI is InChI=1S/C18H27NO2/c1-14(12-19-15(2)17-10-6-7-11-17)18(20)21-13-16-8-4-3-5-9-16/h3-5,8-9,14-15,17,19H,6-7,10-13H2,1-2H3/t14?,15-/m0/s1. The number of carbonyl (C=O) groups excluding carboxylic acids is 1. The summed E-state index contributed by atoms with van der Waals surface area (Å²) in [6.07, 6.45) is 5.35. The van der Waals surface area contributed by atoms with Gasteiger partial charge in [0.1, 0.15) is 6.61 Å². The average molecular weight is 289 g/mol. The lowest BCUT2D eigenvalue weighted by atomic mass is 9.99. The fourth-order valence-corrected chi connectivity index (χ4v) is 2.94. The van der Waals surface area contributed by atoms with E-state index in [0.29, 0.717) is 19.2 Å². The molecule has 0 spiro atoms. The molecule has 1 aromatic carbocycles. The average Bonchev–Trinajstić information content (AvgIpc) is 3.05. The SMILES string of the molecule is CC(CN[C@@H](C)C1CCCC1)C(=O)OCc1ccccc1. The van der Waals surface area contributed by atoms with E-state index in [1.165, 1.54) is 25.7 Å². The number of ether oxygens (including phenoxy) is 1. The normalized spacial score (nSPS) is 18.4. The van der Waals surface area contributed by atoms with E-state index in [4.69, 9.17) is 4.74 Å². The molecule has 1 N–H and O–H groups in total. The molecule has 1 unspecified atom stereocenters. The Hall–Kier alpha value is -1.35. The molecule has 3 heteroatoms. The second kappa shape index (κ2) is 8.18. The molecule has 3 nitrogen and oxygen atoms in total. The highest BCUT2D eigenvalue weighted by atomic mass is 16.5. The first-order valence-electron chi connectivity index (χ1n) is 8.10. The highest BCUT2D eigenvalue weighted by molar-refractivity contribution is 5.72. The minimum atomic E-state index is -0.120. The van der Waals surface area contributed by atoms with Crippen LogP contribution in [0.4, 0.5) is 0 Å². The summed E-state index contributed by atoms with van der Waals surface area (Å²) in [4.78, 5) is 12.0. The summed E-state index contributed by atoms with van der Waals surface area (Å²) < 4.78 is 5.37. The van der Waals surface area contributed by atoms with E-state index < -0.39 is 0 Å². The lowest BCUT2D eigenvalue weighted by Crippen LogP contribution is -2.37. The van der Waals surface area contributed by atoms with Crippen LogP contribution in [0.2, 0.25) is 0 Å². The highest BCUT2D eigenvalue weighted by Gasteiger charge is 2.22. The summed E-state index contributed by atoms with van der Waals surface area (Å²) in [6, 6.07) is 10.3. The maximum Gasteiger partial charge on any atom is 0.310 e. The molecular weight excluding hydrogens is 262 g/mol. The van der Waals surface area contributed by atoms with Crippen LogP contribution in [0.5, 0.6) is 0 Å². The molecule has 0 heterocycles. The van der Waals surface area contributed by atoms with Crippen LogP contribution in [0.3, 0.4) is 0 Å². The van der Waals surface area contributed by atoms with Crippen LogP contribution in [-0.2, 0) is 16.1 Å². The lowest BCUT2D eigenvalue weighted by Gasteiger charge is -2.22. The van der Waals surface area contributed by atoms with Crippen LogP contribution in [-0.4, -0.2) is 18.6 Å². The minimum Gasteiger partial charge on any atom is -0.461 e. The van der Waals surface area contributed by atoms with Crippen molar-refractivity contribution in [1.82, 2.24) is 5.32 Å². The molecule has 1 fully saturated rings. The maximum atomic E-state index is 12.0. The van der Waals surface area contributed by atoms with Crippen molar-refractivity contribution in [2.24, 2.45) is 11.8 Å². The van der Waals surface area contributed by atoms with Crippen LogP contribution in [0.1, 0.15) is 45.1 Å². The summed E-state index contributed by atoms with van der Waals surface area (Å²) in [5.41, 5.74) is 1.03. The van der Waals surface area contributed by atoms with Gasteiger partial charge in [-0.15, -0.1) is 0 Å². The Kier molecular flexibility index (Phi) is 6.24. The molecule has 1 aromatic rings. The zero-order valence-electron chi connectivity index (χ0n) is 13.2. The van der Waals surface area contributed by atoms with E-state index in [1.54, 1.807) is 0 Å². The second-order valence-corrected chi connectivity index (χ2v) is 6.24. The molecule has 0 saturated heterocycles. The van der Waals surface area contributed by atoms with Gasteiger partial charge in [-0.3, -0.25) is 4.79 Å². The summed E-state index contributed by atoms with van der Waals surface area (Å²) in [5, 5.41) is 3.50. The van der Waals surface area contributed by atoms with E-state index in [9.17, 15) is 4.79 Å². The Morgan fingerprint density at radius 1 is 1.24 bits per heavy atom. The molecule has 0 radical (unpaired) electrons. The Balaban J connectivity index is 1.67. The van der Waals surface area contributed by atoms with Crippen molar-refractivity contribution in [3.63, 3.8) is 0 Å². The van der Waals surface area contributed by atoms with E-state index in [2.05, 4.69) is 12.2 Å². The Morgan fingerprint density at radius 3 is 2.57 bits per heavy atom. The van der Waals surface area contributed by atoms with Gasteiger partial charge in [0.15, 0.2) is 0 Å². The smallest absolute Gasteiger partial charge is 0.310 e. The third kappa shape index (κ3) is 5.16. The fourth-order valence-electron chi connectivity index (χ4n) is 2.94. The third-order valence-corrected chi connectivity index (χ3v) is 4.48. The molecule has 116 valence electrons. The molecule has 0 amide bonds. The predicted molar refractivity (Wildman–Crippen MR) is 84.8 cm³/mol. The Labute approximate surface area is 128 Å². The van der Waals surface area contributed by atoms with Gasteiger partial charge in [0.25, 0.3) is 0 Å². The minimum absolute atomic E-state index is 0.0995. The zero-order valence-corrected chi connectivity index (χ0v) is 13.2. The van der Waals surface area contributed by atoms with Gasteiger partial charge in [0.2, 0.25) is 0 Å². The van der Waals surface area contributed by atoms with Gasteiger partial charge in [-0.25, -0.2) is 0 Å².